The molecule has 10 heteroatoms. The molecule has 2 N–H and O–H groups in total. The number of aliphatic hydroxyl groups is 1. The average molecular weight is 421 g/mol. The molecule has 4 aromatic rings. The molecule has 0 aliphatic carbocycles. The number of halogens is 1. The Bertz CT molecular complexity index is 1350. The summed E-state index contributed by atoms with van der Waals surface area (Å²) in [7, 11) is 0. The van der Waals surface area contributed by atoms with Gasteiger partial charge in [0.25, 0.3) is 11.5 Å². The van der Waals surface area contributed by atoms with Gasteiger partial charge in [-0.15, -0.1) is 5.10 Å². The SMILES string of the molecule is O=C(c1ccc(-n2cc(-c3cc4cc(F)ccc4[nH]c3=O)nn2)cc1)N1CC(O)CO1. The van der Waals surface area contributed by atoms with E-state index in [-0.39, 0.29) is 30.2 Å². The van der Waals surface area contributed by atoms with E-state index in [0.717, 1.165) is 5.06 Å². The second kappa shape index (κ2) is 7.42. The molecule has 0 spiro atoms. The normalized spacial score (nSPS) is 16.2. The van der Waals surface area contributed by atoms with Gasteiger partial charge in [0.2, 0.25) is 0 Å². The summed E-state index contributed by atoms with van der Waals surface area (Å²) in [5.74, 6) is -0.755. The number of hydrogen-bond acceptors (Lipinski definition) is 6. The summed E-state index contributed by atoms with van der Waals surface area (Å²) < 4.78 is 15.0. The van der Waals surface area contributed by atoms with Crippen LogP contribution in [0.15, 0.2) is 59.5 Å². The van der Waals surface area contributed by atoms with Gasteiger partial charge in [-0.3, -0.25) is 14.4 Å². The highest BCUT2D eigenvalue weighted by Crippen LogP contribution is 2.20. The molecular formula is C21H16FN5O4. The summed E-state index contributed by atoms with van der Waals surface area (Å²) in [4.78, 5) is 32.7. The van der Waals surface area contributed by atoms with Crippen LogP contribution in [0.25, 0.3) is 27.8 Å². The van der Waals surface area contributed by atoms with Crippen LogP contribution in [0.4, 0.5) is 4.39 Å². The van der Waals surface area contributed by atoms with Crippen LogP contribution in [0, 0.1) is 5.82 Å². The van der Waals surface area contributed by atoms with Crippen molar-refractivity contribution in [2.45, 2.75) is 6.10 Å². The van der Waals surface area contributed by atoms with E-state index in [4.69, 9.17) is 4.84 Å². The number of hydrogen-bond donors (Lipinski definition) is 2. The Balaban J connectivity index is 1.42. The van der Waals surface area contributed by atoms with Crippen LogP contribution in [0.2, 0.25) is 0 Å². The van der Waals surface area contributed by atoms with Crippen LogP contribution >= 0.6 is 0 Å². The van der Waals surface area contributed by atoms with Crippen molar-refractivity contribution in [3.63, 3.8) is 0 Å². The van der Waals surface area contributed by atoms with Crippen LogP contribution in [0.5, 0.6) is 0 Å². The van der Waals surface area contributed by atoms with Crippen molar-refractivity contribution < 1.29 is 19.1 Å². The minimum atomic E-state index is -0.688. The van der Waals surface area contributed by atoms with E-state index in [1.807, 2.05) is 0 Å². The molecule has 1 amide bonds. The minimum Gasteiger partial charge on any atom is -0.389 e. The summed E-state index contributed by atoms with van der Waals surface area (Å²) in [5, 5.41) is 19.3. The first-order chi connectivity index (χ1) is 15.0. The number of aromatic amines is 1. The fraction of sp³-hybridized carbons (Fsp3) is 0.143. The summed E-state index contributed by atoms with van der Waals surface area (Å²) in [5.41, 5.74) is 1.78. The van der Waals surface area contributed by atoms with Crippen LogP contribution in [-0.4, -0.2) is 55.3 Å². The van der Waals surface area contributed by atoms with E-state index in [1.165, 1.54) is 22.9 Å². The van der Waals surface area contributed by atoms with Crippen molar-refractivity contribution in [1.29, 1.82) is 0 Å². The topological polar surface area (TPSA) is 113 Å². The van der Waals surface area contributed by atoms with E-state index in [2.05, 4.69) is 15.3 Å². The third-order valence-corrected chi connectivity index (χ3v) is 4.98. The van der Waals surface area contributed by atoms with Gasteiger partial charge in [0.15, 0.2) is 0 Å². The number of pyridine rings is 1. The van der Waals surface area contributed by atoms with E-state index < -0.39 is 11.9 Å². The number of β-amino-alcohol motifs (C(OH)–C–C–N with tert-alkyl or cyclic N) is 1. The molecule has 5 rings (SSSR count). The number of benzene rings is 2. The fourth-order valence-corrected chi connectivity index (χ4v) is 3.40. The molecule has 1 aliphatic heterocycles. The van der Waals surface area contributed by atoms with Gasteiger partial charge in [-0.25, -0.2) is 14.1 Å². The number of carbonyl (C=O) groups is 1. The van der Waals surface area contributed by atoms with E-state index >= 15 is 0 Å². The van der Waals surface area contributed by atoms with E-state index in [9.17, 15) is 19.1 Å². The molecule has 156 valence electrons. The second-order valence-electron chi connectivity index (χ2n) is 7.15. The number of aromatic nitrogens is 4. The third kappa shape index (κ3) is 3.58. The molecule has 9 nitrogen and oxygen atoms in total. The standard InChI is InChI=1S/C21H16FN5O4/c22-14-3-6-18-13(7-14)8-17(20(29)23-18)19-10-26(25-24-19)15-4-1-12(2-5-15)21(30)27-9-16(28)11-31-27/h1-8,10,16,28H,9,11H2,(H,23,29). The van der Waals surface area contributed by atoms with Crippen molar-refractivity contribution in [2.75, 3.05) is 13.2 Å². The number of aliphatic hydroxyl groups excluding tert-OH is 1. The molecule has 1 aliphatic rings. The Morgan fingerprint density at radius 3 is 2.74 bits per heavy atom. The number of amides is 1. The van der Waals surface area contributed by atoms with Crippen LogP contribution in [0.3, 0.4) is 0 Å². The molecule has 0 bridgehead atoms. The summed E-state index contributed by atoms with van der Waals surface area (Å²) in [6.07, 6.45) is 0.887. The van der Waals surface area contributed by atoms with Gasteiger partial charge in [-0.2, -0.15) is 0 Å². The smallest absolute Gasteiger partial charge is 0.277 e. The molecular weight excluding hydrogens is 405 g/mol. The van der Waals surface area contributed by atoms with E-state index in [1.54, 1.807) is 36.5 Å². The summed E-state index contributed by atoms with van der Waals surface area (Å²) >= 11 is 0. The number of nitrogens with zero attached hydrogens (tertiary/aromatic N) is 4. The van der Waals surface area contributed by atoms with Crippen LogP contribution in [0.1, 0.15) is 10.4 Å². The zero-order valence-corrected chi connectivity index (χ0v) is 16.0. The molecule has 1 saturated heterocycles. The van der Waals surface area contributed by atoms with Crippen molar-refractivity contribution in [2.24, 2.45) is 0 Å². The molecule has 1 fully saturated rings. The zero-order valence-electron chi connectivity index (χ0n) is 16.0. The second-order valence-corrected chi connectivity index (χ2v) is 7.15. The van der Waals surface area contributed by atoms with Crippen LogP contribution < -0.4 is 5.56 Å². The van der Waals surface area contributed by atoms with Crippen molar-refractivity contribution in [3.05, 3.63) is 76.5 Å². The number of H-pyrrole nitrogens is 1. The van der Waals surface area contributed by atoms with Gasteiger partial charge >= 0.3 is 0 Å². The molecule has 31 heavy (non-hydrogen) atoms. The Kier molecular flexibility index (Phi) is 4.57. The first-order valence-electron chi connectivity index (χ1n) is 9.46. The maximum absolute atomic E-state index is 13.5. The lowest BCUT2D eigenvalue weighted by atomic mass is 10.1. The third-order valence-electron chi connectivity index (χ3n) is 4.98. The highest BCUT2D eigenvalue weighted by Gasteiger charge is 2.27. The lowest BCUT2D eigenvalue weighted by Gasteiger charge is -2.13. The Hall–Kier alpha value is -3.89. The molecule has 3 heterocycles. The van der Waals surface area contributed by atoms with Gasteiger partial charge in [0, 0.05) is 16.5 Å². The minimum absolute atomic E-state index is 0.0894. The number of nitrogens with one attached hydrogen (secondary N) is 1. The number of carbonyl (C=O) groups excluding carboxylic acids is 1. The molecule has 1 atom stereocenters. The first kappa shape index (κ1) is 19.1. The zero-order chi connectivity index (χ0) is 21.5. The molecule has 2 aromatic carbocycles. The maximum Gasteiger partial charge on any atom is 0.277 e. The lowest BCUT2D eigenvalue weighted by molar-refractivity contribution is -0.0779. The van der Waals surface area contributed by atoms with Crippen LogP contribution in [-0.2, 0) is 4.84 Å². The van der Waals surface area contributed by atoms with Gasteiger partial charge in [-0.1, -0.05) is 5.21 Å². The molecule has 1 unspecified atom stereocenters. The Morgan fingerprint density at radius 1 is 1.19 bits per heavy atom. The molecule has 2 aromatic heterocycles. The maximum atomic E-state index is 13.5. The van der Waals surface area contributed by atoms with Crippen molar-refractivity contribution >= 4 is 16.8 Å². The number of fused-ring (bicyclic) bond motifs is 1. The molecule has 0 saturated carbocycles. The monoisotopic (exact) mass is 421 g/mol. The number of rotatable bonds is 3. The Labute approximate surface area is 174 Å². The van der Waals surface area contributed by atoms with E-state index in [0.29, 0.717) is 27.8 Å². The lowest BCUT2D eigenvalue weighted by Crippen LogP contribution is -2.28. The largest absolute Gasteiger partial charge is 0.389 e. The summed E-state index contributed by atoms with van der Waals surface area (Å²) in [6, 6.07) is 12.3. The van der Waals surface area contributed by atoms with Gasteiger partial charge < -0.3 is 10.1 Å². The fourth-order valence-electron chi connectivity index (χ4n) is 3.40. The van der Waals surface area contributed by atoms with Crippen molar-refractivity contribution in [3.8, 4) is 16.9 Å². The van der Waals surface area contributed by atoms with Gasteiger partial charge in [-0.05, 0) is 48.5 Å². The summed E-state index contributed by atoms with van der Waals surface area (Å²) in [6.45, 7) is 0.212. The molecule has 0 radical (unpaired) electrons. The number of hydroxylamine groups is 2. The first-order valence-corrected chi connectivity index (χ1v) is 9.46. The Morgan fingerprint density at radius 2 is 2.00 bits per heavy atom. The van der Waals surface area contributed by atoms with Gasteiger partial charge in [0.1, 0.15) is 24.2 Å². The predicted octanol–water partition coefficient (Wildman–Crippen LogP) is 1.66. The highest BCUT2D eigenvalue weighted by atomic mass is 19.1. The van der Waals surface area contributed by atoms with Gasteiger partial charge in [0.05, 0.1) is 24.0 Å². The predicted molar refractivity (Wildman–Crippen MR) is 108 cm³/mol. The highest BCUT2D eigenvalue weighted by molar-refractivity contribution is 5.93. The average Bonchev–Trinajstić information content (AvgIpc) is 3.43. The van der Waals surface area contributed by atoms with Crippen molar-refractivity contribution in [1.82, 2.24) is 25.0 Å². The quantitative estimate of drug-likeness (QED) is 0.520.